The van der Waals surface area contributed by atoms with Gasteiger partial charge in [0.25, 0.3) is 5.91 Å². The lowest BCUT2D eigenvalue weighted by atomic mass is 10.2. The van der Waals surface area contributed by atoms with E-state index in [1.165, 1.54) is 23.8 Å². The number of methoxy groups -OCH3 is 1. The molecule has 5 nitrogen and oxygen atoms in total. The van der Waals surface area contributed by atoms with Crippen LogP contribution in [0, 0.1) is 5.92 Å². The molecule has 0 fully saturated rings. The number of esters is 1. The van der Waals surface area contributed by atoms with Gasteiger partial charge in [0, 0.05) is 30.9 Å². The third-order valence-electron chi connectivity index (χ3n) is 2.46. The van der Waals surface area contributed by atoms with Crippen molar-refractivity contribution in [2.24, 2.45) is 5.92 Å². The summed E-state index contributed by atoms with van der Waals surface area (Å²) in [6, 6.07) is 3.55. The summed E-state index contributed by atoms with van der Waals surface area (Å²) >= 11 is 1.50. The molecule has 0 bridgehead atoms. The first-order valence-electron chi connectivity index (χ1n) is 5.84. The molecule has 1 atom stereocenters. The number of carbonyl (C=O) groups excluding carboxylic acids is 2. The Morgan fingerprint density at radius 1 is 1.47 bits per heavy atom. The lowest BCUT2D eigenvalue weighted by molar-refractivity contribution is -0.143. The van der Waals surface area contributed by atoms with Crippen LogP contribution < -0.4 is 0 Å². The number of carbonyl (C=O) groups is 2. The van der Waals surface area contributed by atoms with Crippen LogP contribution in [0.3, 0.4) is 0 Å². The third kappa shape index (κ3) is 4.55. The second kappa shape index (κ2) is 7.13. The Morgan fingerprint density at radius 3 is 2.74 bits per heavy atom. The zero-order valence-electron chi connectivity index (χ0n) is 11.5. The van der Waals surface area contributed by atoms with Gasteiger partial charge in [0.15, 0.2) is 0 Å². The van der Waals surface area contributed by atoms with Crippen molar-refractivity contribution in [3.05, 3.63) is 24.0 Å². The van der Waals surface area contributed by atoms with Crippen LogP contribution >= 0.6 is 11.8 Å². The first kappa shape index (κ1) is 15.5. The molecular formula is C13H18N2O3S. The Balaban J connectivity index is 2.68. The SMILES string of the molecule is COC(=O)C(C)CSc1ccnc(C(=O)N(C)C)c1. The molecule has 0 N–H and O–H groups in total. The molecule has 1 aromatic heterocycles. The number of hydrogen-bond acceptors (Lipinski definition) is 5. The molecule has 0 spiro atoms. The minimum atomic E-state index is -0.230. The molecule has 1 amide bonds. The molecule has 1 rings (SSSR count). The Hall–Kier alpha value is -1.56. The molecule has 19 heavy (non-hydrogen) atoms. The van der Waals surface area contributed by atoms with E-state index in [0.29, 0.717) is 11.4 Å². The van der Waals surface area contributed by atoms with Crippen molar-refractivity contribution < 1.29 is 14.3 Å². The number of thioether (sulfide) groups is 1. The largest absolute Gasteiger partial charge is 0.469 e. The molecule has 0 saturated heterocycles. The van der Waals surface area contributed by atoms with E-state index >= 15 is 0 Å². The molecule has 0 radical (unpaired) electrons. The average Bonchev–Trinajstić information content (AvgIpc) is 2.43. The van der Waals surface area contributed by atoms with Crippen LogP contribution in [0.15, 0.2) is 23.2 Å². The molecule has 1 unspecified atom stereocenters. The van der Waals surface area contributed by atoms with Gasteiger partial charge in [-0.1, -0.05) is 6.92 Å². The zero-order chi connectivity index (χ0) is 14.4. The highest BCUT2D eigenvalue weighted by Gasteiger charge is 2.14. The van der Waals surface area contributed by atoms with E-state index in [0.717, 1.165) is 4.90 Å². The maximum atomic E-state index is 11.8. The minimum Gasteiger partial charge on any atom is -0.469 e. The summed E-state index contributed by atoms with van der Waals surface area (Å²) in [5.41, 5.74) is 0.403. The minimum absolute atomic E-state index is 0.136. The van der Waals surface area contributed by atoms with Gasteiger partial charge in [-0.2, -0.15) is 0 Å². The smallest absolute Gasteiger partial charge is 0.309 e. The van der Waals surface area contributed by atoms with Gasteiger partial charge in [0.1, 0.15) is 5.69 Å². The summed E-state index contributed by atoms with van der Waals surface area (Å²) in [4.78, 5) is 29.5. The number of aromatic nitrogens is 1. The Kier molecular flexibility index (Phi) is 5.82. The summed E-state index contributed by atoms with van der Waals surface area (Å²) in [6.07, 6.45) is 1.60. The molecule has 1 heterocycles. The summed E-state index contributed by atoms with van der Waals surface area (Å²) in [6.45, 7) is 1.81. The highest BCUT2D eigenvalue weighted by atomic mass is 32.2. The van der Waals surface area contributed by atoms with Gasteiger partial charge in [-0.05, 0) is 12.1 Å². The fourth-order valence-corrected chi connectivity index (χ4v) is 2.27. The summed E-state index contributed by atoms with van der Waals surface area (Å²) in [7, 11) is 4.75. The molecule has 0 aliphatic carbocycles. The third-order valence-corrected chi connectivity index (χ3v) is 3.71. The van der Waals surface area contributed by atoms with Gasteiger partial charge < -0.3 is 9.64 Å². The molecule has 0 aromatic carbocycles. The summed E-state index contributed by atoms with van der Waals surface area (Å²) in [5.74, 6) is 0.0532. The van der Waals surface area contributed by atoms with Crippen LogP contribution in [0.1, 0.15) is 17.4 Å². The average molecular weight is 282 g/mol. The van der Waals surface area contributed by atoms with Crippen LogP contribution in [0.2, 0.25) is 0 Å². The van der Waals surface area contributed by atoms with Crippen molar-refractivity contribution in [2.75, 3.05) is 27.0 Å². The van der Waals surface area contributed by atoms with E-state index in [9.17, 15) is 9.59 Å². The number of nitrogens with zero attached hydrogens (tertiary/aromatic N) is 2. The Morgan fingerprint density at radius 2 is 2.16 bits per heavy atom. The van der Waals surface area contributed by atoms with Gasteiger partial charge in [-0.25, -0.2) is 0 Å². The first-order valence-corrected chi connectivity index (χ1v) is 6.82. The highest BCUT2D eigenvalue weighted by molar-refractivity contribution is 7.99. The van der Waals surface area contributed by atoms with Crippen molar-refractivity contribution in [3.8, 4) is 0 Å². The lowest BCUT2D eigenvalue weighted by Crippen LogP contribution is -2.22. The first-order chi connectivity index (χ1) is 8.95. The highest BCUT2D eigenvalue weighted by Crippen LogP contribution is 2.21. The van der Waals surface area contributed by atoms with Crippen molar-refractivity contribution in [1.29, 1.82) is 0 Å². The standard InChI is InChI=1S/C13H18N2O3S/c1-9(13(17)18-4)8-19-10-5-6-14-11(7-10)12(16)15(2)3/h5-7,9H,8H2,1-4H3. The maximum Gasteiger partial charge on any atom is 0.309 e. The summed E-state index contributed by atoms with van der Waals surface area (Å²) in [5, 5.41) is 0. The number of pyridine rings is 1. The molecule has 6 heteroatoms. The van der Waals surface area contributed by atoms with E-state index in [2.05, 4.69) is 9.72 Å². The van der Waals surface area contributed by atoms with Crippen molar-refractivity contribution >= 4 is 23.6 Å². The topological polar surface area (TPSA) is 59.5 Å². The monoisotopic (exact) mass is 282 g/mol. The van der Waals surface area contributed by atoms with Gasteiger partial charge in [0.05, 0.1) is 13.0 Å². The predicted octanol–water partition coefficient (Wildman–Crippen LogP) is 1.68. The molecular weight excluding hydrogens is 264 g/mol. The van der Waals surface area contributed by atoms with Gasteiger partial charge in [-0.3, -0.25) is 14.6 Å². The number of hydrogen-bond donors (Lipinski definition) is 0. The summed E-state index contributed by atoms with van der Waals surface area (Å²) < 4.78 is 4.67. The predicted molar refractivity (Wildman–Crippen MR) is 74.2 cm³/mol. The van der Waals surface area contributed by atoms with Crippen molar-refractivity contribution in [3.63, 3.8) is 0 Å². The van der Waals surface area contributed by atoms with Crippen LogP contribution in [0.5, 0.6) is 0 Å². The van der Waals surface area contributed by atoms with Gasteiger partial charge in [-0.15, -0.1) is 11.8 Å². The Labute approximate surface area is 117 Å². The van der Waals surface area contributed by atoms with Crippen LogP contribution in [-0.4, -0.2) is 48.7 Å². The van der Waals surface area contributed by atoms with Crippen LogP contribution in [0.25, 0.3) is 0 Å². The van der Waals surface area contributed by atoms with Crippen LogP contribution in [-0.2, 0) is 9.53 Å². The van der Waals surface area contributed by atoms with Crippen molar-refractivity contribution in [2.45, 2.75) is 11.8 Å². The van der Waals surface area contributed by atoms with Crippen molar-refractivity contribution in [1.82, 2.24) is 9.88 Å². The van der Waals surface area contributed by atoms with Gasteiger partial charge in [0.2, 0.25) is 0 Å². The second-order valence-electron chi connectivity index (χ2n) is 4.31. The zero-order valence-corrected chi connectivity index (χ0v) is 12.4. The molecule has 1 aromatic rings. The molecule has 0 aliphatic heterocycles. The number of ether oxygens (including phenoxy) is 1. The number of rotatable bonds is 5. The molecule has 0 aliphatic rings. The van der Waals surface area contributed by atoms with E-state index in [1.807, 2.05) is 13.0 Å². The lowest BCUT2D eigenvalue weighted by Gasteiger charge is -2.11. The van der Waals surface area contributed by atoms with E-state index in [4.69, 9.17) is 0 Å². The fourth-order valence-electron chi connectivity index (χ4n) is 1.34. The van der Waals surface area contributed by atoms with Crippen LogP contribution in [0.4, 0.5) is 0 Å². The molecule has 104 valence electrons. The quantitative estimate of drug-likeness (QED) is 0.607. The maximum absolute atomic E-state index is 11.8. The molecule has 0 saturated carbocycles. The second-order valence-corrected chi connectivity index (χ2v) is 5.40. The van der Waals surface area contributed by atoms with E-state index < -0.39 is 0 Å². The van der Waals surface area contributed by atoms with Gasteiger partial charge >= 0.3 is 5.97 Å². The van der Waals surface area contributed by atoms with E-state index in [1.54, 1.807) is 26.4 Å². The number of amides is 1. The fraction of sp³-hybridized carbons (Fsp3) is 0.462. The van der Waals surface area contributed by atoms with E-state index in [-0.39, 0.29) is 17.8 Å². The Bertz CT molecular complexity index is 463. The normalized spacial score (nSPS) is 11.8.